The number of nitrogens with zero attached hydrogens (tertiary/aromatic N) is 2. The second kappa shape index (κ2) is 6.00. The van der Waals surface area contributed by atoms with Crippen molar-refractivity contribution in [3.63, 3.8) is 0 Å². The molecule has 0 spiro atoms. The molecule has 1 aromatic heterocycles. The molecule has 0 bridgehead atoms. The van der Waals surface area contributed by atoms with Gasteiger partial charge in [-0.1, -0.05) is 36.0 Å². The Hall–Kier alpha value is -2.64. The van der Waals surface area contributed by atoms with Crippen LogP contribution in [0, 0.1) is 0 Å². The number of carbonyl (C=O) groups excluding carboxylic acids is 1. The number of hydrogen-bond acceptors (Lipinski definition) is 4. The highest BCUT2D eigenvalue weighted by Crippen LogP contribution is 2.29. The summed E-state index contributed by atoms with van der Waals surface area (Å²) in [5, 5.41) is 5.94. The number of alkyl halides is 3. The molecule has 0 aliphatic heterocycles. The Kier molecular flexibility index (Phi) is 4.30. The van der Waals surface area contributed by atoms with Crippen molar-refractivity contribution in [2.45, 2.75) is 19.6 Å². The second-order valence-electron chi connectivity index (χ2n) is 4.58. The highest BCUT2D eigenvalue weighted by atomic mass is 19.4. The van der Waals surface area contributed by atoms with Crippen LogP contribution in [0.15, 0.2) is 40.9 Å². The average molecular weight is 311 g/mol. The van der Waals surface area contributed by atoms with E-state index in [1.807, 2.05) is 0 Å². The minimum absolute atomic E-state index is 0.148. The van der Waals surface area contributed by atoms with Gasteiger partial charge in [-0.25, -0.2) is 0 Å². The molecule has 0 radical (unpaired) electrons. The van der Waals surface area contributed by atoms with Gasteiger partial charge in [-0.15, -0.1) is 0 Å². The maximum absolute atomic E-state index is 12.4. The lowest BCUT2D eigenvalue weighted by atomic mass is 10.1. The normalized spacial score (nSPS) is 11.3. The van der Waals surface area contributed by atoms with Gasteiger partial charge in [0.2, 0.25) is 11.7 Å². The van der Waals surface area contributed by atoms with Crippen LogP contribution in [0.4, 0.5) is 13.2 Å². The van der Waals surface area contributed by atoms with Crippen LogP contribution in [0.1, 0.15) is 18.4 Å². The van der Waals surface area contributed by atoms with E-state index in [1.54, 1.807) is 31.2 Å². The molecule has 116 valence electrons. The van der Waals surface area contributed by atoms with E-state index in [-0.39, 0.29) is 18.3 Å². The Morgan fingerprint density at radius 3 is 2.45 bits per heavy atom. The van der Waals surface area contributed by atoms with Crippen LogP contribution in [0.2, 0.25) is 0 Å². The Labute approximate surface area is 123 Å². The van der Waals surface area contributed by atoms with Crippen LogP contribution in [0.5, 0.6) is 0 Å². The quantitative estimate of drug-likeness (QED) is 0.882. The molecule has 0 atom stereocenters. The van der Waals surface area contributed by atoms with Crippen molar-refractivity contribution in [2.24, 2.45) is 0 Å². The van der Waals surface area contributed by atoms with Crippen molar-refractivity contribution in [1.82, 2.24) is 15.5 Å². The molecule has 8 heteroatoms. The zero-order chi connectivity index (χ0) is 16.3. The molecule has 1 heterocycles. The highest BCUT2D eigenvalue weighted by Gasteiger charge is 2.38. The van der Waals surface area contributed by atoms with Gasteiger partial charge in [0, 0.05) is 17.7 Å². The summed E-state index contributed by atoms with van der Waals surface area (Å²) in [6, 6.07) is 6.40. The van der Waals surface area contributed by atoms with E-state index in [0.717, 1.165) is 5.56 Å². The molecule has 2 rings (SSSR count). The van der Waals surface area contributed by atoms with Crippen molar-refractivity contribution < 1.29 is 22.5 Å². The lowest BCUT2D eigenvalue weighted by Crippen LogP contribution is -2.22. The molecule has 5 nitrogen and oxygen atoms in total. The Morgan fingerprint density at radius 2 is 1.95 bits per heavy atom. The lowest BCUT2D eigenvalue weighted by Gasteiger charge is -2.05. The summed E-state index contributed by atoms with van der Waals surface area (Å²) >= 11 is 0. The van der Waals surface area contributed by atoms with Crippen LogP contribution in [0.3, 0.4) is 0 Å². The van der Waals surface area contributed by atoms with E-state index in [1.165, 1.54) is 0 Å². The van der Waals surface area contributed by atoms with Crippen molar-refractivity contribution in [1.29, 1.82) is 0 Å². The molecule has 1 amide bonds. The lowest BCUT2D eigenvalue weighted by molar-refractivity contribution is -0.159. The number of benzene rings is 1. The number of halogens is 3. The Morgan fingerprint density at radius 1 is 1.32 bits per heavy atom. The Balaban J connectivity index is 2.07. The summed E-state index contributed by atoms with van der Waals surface area (Å²) in [7, 11) is 0. The number of rotatable bonds is 4. The average Bonchev–Trinajstić information content (AvgIpc) is 2.95. The van der Waals surface area contributed by atoms with Crippen molar-refractivity contribution in [3.8, 4) is 11.4 Å². The van der Waals surface area contributed by atoms with E-state index in [9.17, 15) is 18.0 Å². The summed E-state index contributed by atoms with van der Waals surface area (Å²) in [6.45, 7) is 5.39. The fourth-order valence-electron chi connectivity index (χ4n) is 1.56. The van der Waals surface area contributed by atoms with Gasteiger partial charge in [0.05, 0.1) is 0 Å². The third kappa shape index (κ3) is 3.72. The van der Waals surface area contributed by atoms with Gasteiger partial charge in [0.25, 0.3) is 0 Å². The van der Waals surface area contributed by atoms with Crippen LogP contribution >= 0.6 is 0 Å². The SMILES string of the molecule is C=C(C)C(=O)NCc1ccc(-c2noc(C(F)(F)F)n2)cc1. The highest BCUT2D eigenvalue weighted by molar-refractivity contribution is 5.92. The summed E-state index contributed by atoms with van der Waals surface area (Å²) < 4.78 is 41.3. The van der Waals surface area contributed by atoms with Gasteiger partial charge >= 0.3 is 12.1 Å². The molecular weight excluding hydrogens is 299 g/mol. The van der Waals surface area contributed by atoms with Crippen molar-refractivity contribution in [3.05, 3.63) is 47.9 Å². The number of hydrogen-bond donors (Lipinski definition) is 1. The molecule has 0 unspecified atom stereocenters. The third-order valence-corrected chi connectivity index (χ3v) is 2.72. The van der Waals surface area contributed by atoms with Crippen LogP contribution in [0.25, 0.3) is 11.4 Å². The molecule has 0 saturated heterocycles. The van der Waals surface area contributed by atoms with Crippen LogP contribution in [-0.2, 0) is 17.5 Å². The predicted molar refractivity (Wildman–Crippen MR) is 71.4 cm³/mol. The second-order valence-corrected chi connectivity index (χ2v) is 4.58. The summed E-state index contributed by atoms with van der Waals surface area (Å²) in [5.74, 6) is -1.80. The van der Waals surface area contributed by atoms with E-state index < -0.39 is 12.1 Å². The molecule has 0 aliphatic rings. The minimum Gasteiger partial charge on any atom is -0.348 e. The zero-order valence-electron chi connectivity index (χ0n) is 11.6. The van der Waals surface area contributed by atoms with Crippen molar-refractivity contribution in [2.75, 3.05) is 0 Å². The van der Waals surface area contributed by atoms with E-state index in [0.29, 0.717) is 11.1 Å². The molecule has 0 fully saturated rings. The maximum Gasteiger partial charge on any atom is 0.471 e. The minimum atomic E-state index is -4.67. The standard InChI is InChI=1S/C14H12F3N3O2/c1-8(2)12(21)18-7-9-3-5-10(6-4-9)11-19-13(22-20-11)14(15,16)17/h3-6H,1,7H2,2H3,(H,18,21). The fourth-order valence-corrected chi connectivity index (χ4v) is 1.56. The summed E-state index contributed by atoms with van der Waals surface area (Å²) in [6.07, 6.45) is -4.67. The van der Waals surface area contributed by atoms with Gasteiger partial charge in [-0.2, -0.15) is 18.2 Å². The van der Waals surface area contributed by atoms with Crippen LogP contribution in [-0.4, -0.2) is 16.0 Å². The fraction of sp³-hybridized carbons (Fsp3) is 0.214. The van der Waals surface area contributed by atoms with Gasteiger partial charge in [0.1, 0.15) is 0 Å². The van der Waals surface area contributed by atoms with Gasteiger partial charge < -0.3 is 9.84 Å². The molecule has 0 aliphatic carbocycles. The van der Waals surface area contributed by atoms with Gasteiger partial charge in [-0.05, 0) is 12.5 Å². The zero-order valence-corrected chi connectivity index (χ0v) is 11.6. The largest absolute Gasteiger partial charge is 0.471 e. The first kappa shape index (κ1) is 15.7. The first-order valence-corrected chi connectivity index (χ1v) is 6.21. The van der Waals surface area contributed by atoms with E-state index in [2.05, 4.69) is 26.6 Å². The van der Waals surface area contributed by atoms with Crippen LogP contribution < -0.4 is 5.32 Å². The molecule has 22 heavy (non-hydrogen) atoms. The molecule has 1 aromatic carbocycles. The number of amides is 1. The number of aromatic nitrogens is 2. The monoisotopic (exact) mass is 311 g/mol. The van der Waals surface area contributed by atoms with E-state index in [4.69, 9.17) is 0 Å². The molecule has 0 saturated carbocycles. The summed E-state index contributed by atoms with van der Waals surface area (Å²) in [5.41, 5.74) is 1.55. The smallest absolute Gasteiger partial charge is 0.348 e. The molecule has 2 aromatic rings. The molecular formula is C14H12F3N3O2. The number of nitrogens with one attached hydrogen (secondary N) is 1. The topological polar surface area (TPSA) is 68.0 Å². The van der Waals surface area contributed by atoms with Gasteiger partial charge in [-0.3, -0.25) is 4.79 Å². The molecule has 1 N–H and O–H groups in total. The Bertz CT molecular complexity index is 690. The van der Waals surface area contributed by atoms with Crippen molar-refractivity contribution >= 4 is 5.91 Å². The first-order chi connectivity index (χ1) is 10.3. The van der Waals surface area contributed by atoms with Gasteiger partial charge in [0.15, 0.2) is 0 Å². The predicted octanol–water partition coefficient (Wildman–Crippen LogP) is 2.95. The first-order valence-electron chi connectivity index (χ1n) is 6.21. The summed E-state index contributed by atoms with van der Waals surface area (Å²) in [4.78, 5) is 14.6. The van der Waals surface area contributed by atoms with E-state index >= 15 is 0 Å². The third-order valence-electron chi connectivity index (χ3n) is 2.72. The maximum atomic E-state index is 12.4. The number of carbonyl (C=O) groups is 1.